The smallest absolute Gasteiger partial charge is 0.252 e. The molecule has 1 aliphatic rings. The summed E-state index contributed by atoms with van der Waals surface area (Å²) in [5, 5.41) is 2.77. The minimum Gasteiger partial charge on any atom is -0.493 e. The van der Waals surface area contributed by atoms with E-state index in [1.54, 1.807) is 25.3 Å². The van der Waals surface area contributed by atoms with Gasteiger partial charge in [0, 0.05) is 29.8 Å². The van der Waals surface area contributed by atoms with Crippen LogP contribution in [0.4, 0.5) is 5.69 Å². The molecule has 1 saturated heterocycles. The molecule has 0 atom stereocenters. The number of hydrogen-bond donors (Lipinski definition) is 1. The molecule has 1 N–H and O–H groups in total. The lowest BCUT2D eigenvalue weighted by Gasteiger charge is -2.26. The standard InChI is InChI=1S/C23H24N2O4/c1-28-20-13-10-18(16-21(20)29-2)23(27)24-14-5-6-17-8-11-19(12-9-17)25-15-4-3-7-22(25)26/h8-13,16H,3-4,7,14-15H2,1-2H3,(H,24,27). The fourth-order valence-corrected chi connectivity index (χ4v) is 3.15. The minimum absolute atomic E-state index is 0.174. The molecule has 3 rings (SSSR count). The number of methoxy groups -OCH3 is 2. The minimum atomic E-state index is -0.237. The van der Waals surface area contributed by atoms with Crippen LogP contribution in [0.5, 0.6) is 11.5 Å². The second kappa shape index (κ2) is 9.65. The van der Waals surface area contributed by atoms with E-state index in [0.717, 1.165) is 30.6 Å². The highest BCUT2D eigenvalue weighted by atomic mass is 16.5. The Labute approximate surface area is 170 Å². The molecule has 0 spiro atoms. The van der Waals surface area contributed by atoms with Crippen LogP contribution in [0, 0.1) is 11.8 Å². The first-order chi connectivity index (χ1) is 14.1. The molecular weight excluding hydrogens is 368 g/mol. The Morgan fingerprint density at radius 2 is 1.83 bits per heavy atom. The van der Waals surface area contributed by atoms with Gasteiger partial charge in [0.1, 0.15) is 0 Å². The number of ether oxygens (including phenoxy) is 2. The summed E-state index contributed by atoms with van der Waals surface area (Å²) in [6, 6.07) is 12.6. The van der Waals surface area contributed by atoms with Gasteiger partial charge >= 0.3 is 0 Å². The highest BCUT2D eigenvalue weighted by Gasteiger charge is 2.19. The molecule has 0 aliphatic carbocycles. The van der Waals surface area contributed by atoms with Gasteiger partial charge in [-0.3, -0.25) is 9.59 Å². The van der Waals surface area contributed by atoms with Crippen LogP contribution in [-0.4, -0.2) is 39.1 Å². The monoisotopic (exact) mass is 392 g/mol. The zero-order valence-electron chi connectivity index (χ0n) is 16.7. The van der Waals surface area contributed by atoms with E-state index in [9.17, 15) is 9.59 Å². The zero-order valence-corrected chi connectivity index (χ0v) is 16.7. The van der Waals surface area contributed by atoms with Crippen molar-refractivity contribution in [2.24, 2.45) is 0 Å². The van der Waals surface area contributed by atoms with Crippen molar-refractivity contribution in [3.05, 3.63) is 53.6 Å². The number of anilines is 1. The number of nitrogens with zero attached hydrogens (tertiary/aromatic N) is 1. The fraction of sp³-hybridized carbons (Fsp3) is 0.304. The summed E-state index contributed by atoms with van der Waals surface area (Å²) in [5.74, 6) is 6.97. The van der Waals surface area contributed by atoms with E-state index in [4.69, 9.17) is 9.47 Å². The van der Waals surface area contributed by atoms with Gasteiger partial charge in [0.2, 0.25) is 5.91 Å². The number of hydrogen-bond acceptors (Lipinski definition) is 4. The van der Waals surface area contributed by atoms with Gasteiger partial charge in [0.05, 0.1) is 20.8 Å². The maximum absolute atomic E-state index is 12.3. The van der Waals surface area contributed by atoms with Crippen molar-refractivity contribution in [1.29, 1.82) is 0 Å². The number of carbonyl (C=O) groups is 2. The van der Waals surface area contributed by atoms with Crippen LogP contribution in [0.2, 0.25) is 0 Å². The lowest BCUT2D eigenvalue weighted by atomic mass is 10.1. The second-order valence-corrected chi connectivity index (χ2v) is 6.60. The van der Waals surface area contributed by atoms with Crippen molar-refractivity contribution in [3.63, 3.8) is 0 Å². The summed E-state index contributed by atoms with van der Waals surface area (Å²) >= 11 is 0. The lowest BCUT2D eigenvalue weighted by Crippen LogP contribution is -2.35. The number of nitrogens with one attached hydrogen (secondary N) is 1. The molecule has 0 bridgehead atoms. The summed E-state index contributed by atoms with van der Waals surface area (Å²) in [6.45, 7) is 0.992. The third kappa shape index (κ3) is 5.08. The predicted octanol–water partition coefficient (Wildman–Crippen LogP) is 3.00. The van der Waals surface area contributed by atoms with Crippen molar-refractivity contribution >= 4 is 17.5 Å². The van der Waals surface area contributed by atoms with Crippen molar-refractivity contribution < 1.29 is 19.1 Å². The van der Waals surface area contributed by atoms with Crippen LogP contribution >= 0.6 is 0 Å². The number of carbonyl (C=O) groups excluding carboxylic acids is 2. The number of benzene rings is 2. The zero-order chi connectivity index (χ0) is 20.6. The van der Waals surface area contributed by atoms with E-state index < -0.39 is 0 Å². The van der Waals surface area contributed by atoms with Crippen LogP contribution in [-0.2, 0) is 4.79 Å². The van der Waals surface area contributed by atoms with Crippen molar-refractivity contribution in [1.82, 2.24) is 5.32 Å². The summed E-state index contributed by atoms with van der Waals surface area (Å²) in [4.78, 5) is 26.1. The van der Waals surface area contributed by atoms with E-state index in [0.29, 0.717) is 23.5 Å². The van der Waals surface area contributed by atoms with Crippen LogP contribution in [0.25, 0.3) is 0 Å². The third-order valence-electron chi connectivity index (χ3n) is 4.72. The molecule has 29 heavy (non-hydrogen) atoms. The summed E-state index contributed by atoms with van der Waals surface area (Å²) in [6.07, 6.45) is 2.61. The maximum atomic E-state index is 12.3. The molecule has 6 heteroatoms. The Kier molecular flexibility index (Phi) is 6.75. The quantitative estimate of drug-likeness (QED) is 0.795. The Morgan fingerprint density at radius 1 is 1.07 bits per heavy atom. The van der Waals surface area contributed by atoms with Crippen LogP contribution in [0.15, 0.2) is 42.5 Å². The summed E-state index contributed by atoms with van der Waals surface area (Å²) in [5.41, 5.74) is 2.21. The summed E-state index contributed by atoms with van der Waals surface area (Å²) in [7, 11) is 3.07. The molecule has 2 amide bonds. The molecule has 2 aromatic carbocycles. The highest BCUT2D eigenvalue weighted by Crippen LogP contribution is 2.27. The SMILES string of the molecule is COc1ccc(C(=O)NCC#Cc2ccc(N3CCCCC3=O)cc2)cc1OC. The van der Waals surface area contributed by atoms with Gasteiger partial charge in [-0.2, -0.15) is 0 Å². The molecule has 6 nitrogen and oxygen atoms in total. The maximum Gasteiger partial charge on any atom is 0.252 e. The molecule has 1 heterocycles. The summed E-state index contributed by atoms with van der Waals surface area (Å²) < 4.78 is 10.4. The molecule has 2 aromatic rings. The van der Waals surface area contributed by atoms with Crippen molar-refractivity contribution in [3.8, 4) is 23.3 Å². The second-order valence-electron chi connectivity index (χ2n) is 6.60. The molecule has 0 saturated carbocycles. The number of piperidine rings is 1. The molecule has 1 aliphatic heterocycles. The average molecular weight is 392 g/mol. The predicted molar refractivity (Wildman–Crippen MR) is 111 cm³/mol. The highest BCUT2D eigenvalue weighted by molar-refractivity contribution is 5.95. The topological polar surface area (TPSA) is 67.9 Å². The Hall–Kier alpha value is -3.46. The van der Waals surface area contributed by atoms with E-state index in [2.05, 4.69) is 17.2 Å². The van der Waals surface area contributed by atoms with Gasteiger partial charge < -0.3 is 19.7 Å². The van der Waals surface area contributed by atoms with E-state index >= 15 is 0 Å². The number of amides is 2. The van der Waals surface area contributed by atoms with Gasteiger partial charge in [0.25, 0.3) is 5.91 Å². The van der Waals surface area contributed by atoms with Crippen LogP contribution in [0.1, 0.15) is 35.2 Å². The Balaban J connectivity index is 1.56. The first kappa shape index (κ1) is 20.3. The molecule has 1 fully saturated rings. The first-order valence-corrected chi connectivity index (χ1v) is 9.52. The first-order valence-electron chi connectivity index (χ1n) is 9.52. The Bertz CT molecular complexity index is 942. The molecule has 0 radical (unpaired) electrons. The molecular formula is C23H24N2O4. The van der Waals surface area contributed by atoms with Gasteiger partial charge in [-0.15, -0.1) is 0 Å². The van der Waals surface area contributed by atoms with Crippen LogP contribution in [0.3, 0.4) is 0 Å². The Morgan fingerprint density at radius 3 is 2.52 bits per heavy atom. The number of rotatable bonds is 5. The van der Waals surface area contributed by atoms with E-state index in [1.807, 2.05) is 29.2 Å². The molecule has 0 aromatic heterocycles. The van der Waals surface area contributed by atoms with Crippen molar-refractivity contribution in [2.75, 3.05) is 32.2 Å². The molecule has 150 valence electrons. The molecule has 0 unspecified atom stereocenters. The van der Waals surface area contributed by atoms with Gasteiger partial charge in [-0.25, -0.2) is 0 Å². The fourth-order valence-electron chi connectivity index (χ4n) is 3.15. The van der Waals surface area contributed by atoms with Crippen LogP contribution < -0.4 is 19.7 Å². The largest absolute Gasteiger partial charge is 0.493 e. The lowest BCUT2D eigenvalue weighted by molar-refractivity contribution is -0.119. The van der Waals surface area contributed by atoms with E-state index in [1.165, 1.54) is 7.11 Å². The third-order valence-corrected chi connectivity index (χ3v) is 4.72. The average Bonchev–Trinajstić information content (AvgIpc) is 2.77. The normalized spacial score (nSPS) is 13.3. The van der Waals surface area contributed by atoms with Gasteiger partial charge in [0.15, 0.2) is 11.5 Å². The van der Waals surface area contributed by atoms with E-state index in [-0.39, 0.29) is 18.4 Å². The van der Waals surface area contributed by atoms with Crippen molar-refractivity contribution in [2.45, 2.75) is 19.3 Å². The van der Waals surface area contributed by atoms with Gasteiger partial charge in [-0.05, 0) is 55.3 Å². The van der Waals surface area contributed by atoms with Gasteiger partial charge in [-0.1, -0.05) is 11.8 Å².